The van der Waals surface area contributed by atoms with Crippen LogP contribution in [0.5, 0.6) is 5.75 Å². The molecule has 1 aromatic heterocycles. The van der Waals surface area contributed by atoms with Crippen molar-refractivity contribution in [2.24, 2.45) is 0 Å². The summed E-state index contributed by atoms with van der Waals surface area (Å²) in [4.78, 5) is 22.8. The van der Waals surface area contributed by atoms with E-state index in [2.05, 4.69) is 15.3 Å². The Morgan fingerprint density at radius 2 is 2.18 bits per heavy atom. The molecule has 7 nitrogen and oxygen atoms in total. The molecule has 28 heavy (non-hydrogen) atoms. The second-order valence-corrected chi connectivity index (χ2v) is 7.07. The number of methoxy groups -OCH3 is 1. The molecule has 2 N–H and O–H groups in total. The van der Waals surface area contributed by atoms with Crippen LogP contribution in [0.1, 0.15) is 29.8 Å². The van der Waals surface area contributed by atoms with Gasteiger partial charge in [0.15, 0.2) is 5.60 Å². The van der Waals surface area contributed by atoms with Crippen molar-refractivity contribution in [2.75, 3.05) is 20.2 Å². The lowest BCUT2D eigenvalue weighted by molar-refractivity contribution is -0.157. The van der Waals surface area contributed by atoms with Gasteiger partial charge >= 0.3 is 0 Å². The minimum atomic E-state index is -1.52. The molecule has 1 amide bonds. The number of aryl methyl sites for hydroxylation is 1. The molecule has 1 aromatic carbocycles. The number of carbonyl (C=O) groups excluding carboxylic acids is 1. The molecule has 0 unspecified atom stereocenters. The van der Waals surface area contributed by atoms with Crippen molar-refractivity contribution in [1.82, 2.24) is 20.2 Å². The normalized spacial score (nSPS) is 19.7. The third-order valence-electron chi connectivity index (χ3n) is 4.88. The molecule has 3 rings (SSSR count). The first-order chi connectivity index (χ1) is 13.4. The number of aromatic nitrogens is 2. The number of hydrogen-bond acceptors (Lipinski definition) is 6. The van der Waals surface area contributed by atoms with Crippen LogP contribution in [-0.4, -0.2) is 51.7 Å². The first-order valence-corrected chi connectivity index (χ1v) is 9.24. The molecule has 1 atom stereocenters. The van der Waals surface area contributed by atoms with Crippen molar-refractivity contribution in [3.8, 4) is 5.75 Å². The molecule has 8 heteroatoms. The molecule has 0 aliphatic carbocycles. The van der Waals surface area contributed by atoms with E-state index in [9.17, 15) is 14.3 Å². The summed E-state index contributed by atoms with van der Waals surface area (Å²) in [6, 6.07) is 4.43. The predicted octanol–water partition coefficient (Wildman–Crippen LogP) is 1.58. The molecular weight excluding hydrogens is 363 g/mol. The average Bonchev–Trinajstić information content (AvgIpc) is 2.69. The molecule has 1 saturated heterocycles. The number of nitrogens with one attached hydrogen (secondary N) is 1. The number of rotatable bonds is 7. The van der Waals surface area contributed by atoms with Crippen molar-refractivity contribution in [3.63, 3.8) is 0 Å². The maximum absolute atomic E-state index is 14.1. The van der Waals surface area contributed by atoms with E-state index in [1.165, 1.54) is 24.1 Å². The van der Waals surface area contributed by atoms with E-state index in [0.29, 0.717) is 37.2 Å². The van der Waals surface area contributed by atoms with Gasteiger partial charge in [-0.2, -0.15) is 0 Å². The van der Waals surface area contributed by atoms with Crippen LogP contribution < -0.4 is 10.1 Å². The smallest absolute Gasteiger partial charge is 0.256 e. The summed E-state index contributed by atoms with van der Waals surface area (Å²) in [5.41, 5.74) is 0.393. The van der Waals surface area contributed by atoms with Crippen LogP contribution in [0.4, 0.5) is 4.39 Å². The van der Waals surface area contributed by atoms with Crippen molar-refractivity contribution in [2.45, 2.75) is 38.5 Å². The fourth-order valence-corrected chi connectivity index (χ4v) is 3.29. The molecule has 1 fully saturated rings. The van der Waals surface area contributed by atoms with E-state index < -0.39 is 17.3 Å². The molecule has 0 saturated carbocycles. The number of carbonyl (C=O) groups is 1. The highest BCUT2D eigenvalue weighted by Gasteiger charge is 2.41. The minimum absolute atomic E-state index is 0.0909. The van der Waals surface area contributed by atoms with Crippen LogP contribution in [0.25, 0.3) is 0 Å². The third-order valence-corrected chi connectivity index (χ3v) is 4.88. The summed E-state index contributed by atoms with van der Waals surface area (Å²) in [6.07, 6.45) is 4.32. The summed E-state index contributed by atoms with van der Waals surface area (Å²) in [5.74, 6) is -0.278. The fourth-order valence-electron chi connectivity index (χ4n) is 3.29. The number of aliphatic hydroxyl groups is 1. The highest BCUT2D eigenvalue weighted by atomic mass is 19.1. The first kappa shape index (κ1) is 20.2. The molecule has 0 bridgehead atoms. The third kappa shape index (κ3) is 4.63. The van der Waals surface area contributed by atoms with E-state index >= 15 is 0 Å². The zero-order chi connectivity index (χ0) is 20.1. The predicted molar refractivity (Wildman–Crippen MR) is 101 cm³/mol. The number of hydrogen-bond donors (Lipinski definition) is 2. The summed E-state index contributed by atoms with van der Waals surface area (Å²) in [5, 5.41) is 14.0. The van der Waals surface area contributed by atoms with Crippen LogP contribution in [0.2, 0.25) is 0 Å². The van der Waals surface area contributed by atoms with Gasteiger partial charge in [-0.25, -0.2) is 4.39 Å². The van der Waals surface area contributed by atoms with Gasteiger partial charge in [-0.05, 0) is 38.0 Å². The van der Waals surface area contributed by atoms with E-state index in [-0.39, 0.29) is 13.1 Å². The summed E-state index contributed by atoms with van der Waals surface area (Å²) in [7, 11) is 1.51. The first-order valence-electron chi connectivity index (χ1n) is 9.24. The Balaban J connectivity index is 1.63. The molecule has 150 valence electrons. The van der Waals surface area contributed by atoms with Gasteiger partial charge in [0.25, 0.3) is 5.91 Å². The SMILES string of the molecule is COc1ccc(F)c(CN2CCC[C@@](O)(CNCc3cnc(C)cn3)C2=O)c1. The Bertz CT molecular complexity index is 831. The second-order valence-electron chi connectivity index (χ2n) is 7.07. The highest BCUT2D eigenvalue weighted by molar-refractivity contribution is 5.86. The maximum atomic E-state index is 14.1. The standard InChI is InChI=1S/C20H25FN4O3/c1-14-9-24-16(11-23-14)10-22-13-20(27)6-3-7-25(19(20)26)12-15-8-17(28-2)4-5-18(15)21/h4-5,8-9,11,22,27H,3,6-7,10,12-13H2,1-2H3/t20-/m1/s1. The molecule has 1 aliphatic rings. The van der Waals surface area contributed by atoms with Crippen LogP contribution >= 0.6 is 0 Å². The molecule has 0 spiro atoms. The summed E-state index contributed by atoms with van der Waals surface area (Å²) >= 11 is 0. The summed E-state index contributed by atoms with van der Waals surface area (Å²) in [6.45, 7) is 2.91. The van der Waals surface area contributed by atoms with Crippen molar-refractivity contribution < 1.29 is 19.0 Å². The van der Waals surface area contributed by atoms with Gasteiger partial charge in [0.2, 0.25) is 0 Å². The Labute approximate surface area is 163 Å². The van der Waals surface area contributed by atoms with Gasteiger partial charge < -0.3 is 20.1 Å². The monoisotopic (exact) mass is 388 g/mol. The summed E-state index contributed by atoms with van der Waals surface area (Å²) < 4.78 is 19.2. The van der Waals surface area contributed by atoms with E-state index in [4.69, 9.17) is 4.74 Å². The van der Waals surface area contributed by atoms with Gasteiger partial charge in [0.1, 0.15) is 11.6 Å². The van der Waals surface area contributed by atoms with Gasteiger partial charge in [-0.1, -0.05) is 0 Å². The number of amides is 1. The van der Waals surface area contributed by atoms with E-state index in [1.54, 1.807) is 18.5 Å². The Morgan fingerprint density at radius 3 is 2.89 bits per heavy atom. The van der Waals surface area contributed by atoms with Crippen molar-refractivity contribution in [1.29, 1.82) is 0 Å². The van der Waals surface area contributed by atoms with Crippen LogP contribution in [0.3, 0.4) is 0 Å². The second kappa shape index (κ2) is 8.62. The molecule has 2 heterocycles. The van der Waals surface area contributed by atoms with Crippen LogP contribution in [0.15, 0.2) is 30.6 Å². The zero-order valence-electron chi connectivity index (χ0n) is 16.1. The Hall–Kier alpha value is -2.58. The molecule has 2 aromatic rings. The zero-order valence-corrected chi connectivity index (χ0v) is 16.1. The van der Waals surface area contributed by atoms with E-state index in [1.807, 2.05) is 6.92 Å². The average molecular weight is 388 g/mol. The molecule has 1 aliphatic heterocycles. The van der Waals surface area contributed by atoms with Gasteiger partial charge in [0, 0.05) is 44.1 Å². The van der Waals surface area contributed by atoms with E-state index in [0.717, 1.165) is 11.4 Å². The molecule has 0 radical (unpaired) electrons. The number of benzene rings is 1. The number of piperidine rings is 1. The highest BCUT2D eigenvalue weighted by Crippen LogP contribution is 2.25. The Kier molecular flexibility index (Phi) is 6.21. The van der Waals surface area contributed by atoms with Gasteiger partial charge in [-0.3, -0.25) is 14.8 Å². The minimum Gasteiger partial charge on any atom is -0.497 e. The number of ether oxygens (including phenoxy) is 1. The van der Waals surface area contributed by atoms with Gasteiger partial charge in [0.05, 0.1) is 18.5 Å². The van der Waals surface area contributed by atoms with Crippen molar-refractivity contribution >= 4 is 5.91 Å². The lowest BCUT2D eigenvalue weighted by atomic mass is 9.91. The van der Waals surface area contributed by atoms with Crippen LogP contribution in [-0.2, 0) is 17.9 Å². The fraction of sp³-hybridized carbons (Fsp3) is 0.450. The lowest BCUT2D eigenvalue weighted by Gasteiger charge is -2.38. The maximum Gasteiger partial charge on any atom is 0.256 e. The van der Waals surface area contributed by atoms with Gasteiger partial charge in [-0.15, -0.1) is 0 Å². The largest absolute Gasteiger partial charge is 0.497 e. The van der Waals surface area contributed by atoms with Crippen LogP contribution in [0, 0.1) is 12.7 Å². The quantitative estimate of drug-likeness (QED) is 0.749. The Morgan fingerprint density at radius 1 is 1.36 bits per heavy atom. The number of likely N-dealkylation sites (tertiary alicyclic amines) is 1. The van der Waals surface area contributed by atoms with Crippen molar-refractivity contribution in [3.05, 3.63) is 53.4 Å². The number of nitrogens with zero attached hydrogens (tertiary/aromatic N) is 3. The topological polar surface area (TPSA) is 87.6 Å². The molecular formula is C20H25FN4O3. The number of halogens is 1. The lowest BCUT2D eigenvalue weighted by Crippen LogP contribution is -2.57.